The zero-order chi connectivity index (χ0) is 17.8. The summed E-state index contributed by atoms with van der Waals surface area (Å²) in [6.07, 6.45) is 7.29. The van der Waals surface area contributed by atoms with E-state index in [1.807, 2.05) is 52.2 Å². The van der Waals surface area contributed by atoms with Crippen molar-refractivity contribution >= 4 is 5.91 Å². The van der Waals surface area contributed by atoms with E-state index in [0.717, 1.165) is 19.4 Å². The van der Waals surface area contributed by atoms with Crippen molar-refractivity contribution in [2.45, 2.75) is 25.4 Å². The quantitative estimate of drug-likeness (QED) is 0.709. The molecule has 0 unspecified atom stereocenters. The number of ether oxygens (including phenoxy) is 1. The molecule has 0 bridgehead atoms. The van der Waals surface area contributed by atoms with Gasteiger partial charge in [-0.2, -0.15) is 5.10 Å². The number of amides is 1. The Labute approximate surface area is 152 Å². The average Bonchev–Trinajstić information content (AvgIpc) is 3.35. The summed E-state index contributed by atoms with van der Waals surface area (Å²) in [7, 11) is 0. The number of rotatable bonds is 5. The van der Waals surface area contributed by atoms with Crippen LogP contribution in [0.15, 0.2) is 67.1 Å². The number of carbonyl (C=O) groups excluding carboxylic acids is 1. The molecule has 26 heavy (non-hydrogen) atoms. The van der Waals surface area contributed by atoms with Gasteiger partial charge in [0.15, 0.2) is 0 Å². The van der Waals surface area contributed by atoms with Gasteiger partial charge in [0.1, 0.15) is 11.3 Å². The lowest BCUT2D eigenvalue weighted by atomic mass is 10.2. The van der Waals surface area contributed by atoms with Crippen LogP contribution in [0, 0.1) is 0 Å². The molecule has 6 nitrogen and oxygen atoms in total. The second kappa shape index (κ2) is 7.39. The number of nitrogens with zero attached hydrogens (tertiary/aromatic N) is 4. The van der Waals surface area contributed by atoms with E-state index in [2.05, 4.69) is 10.1 Å². The van der Waals surface area contributed by atoms with E-state index >= 15 is 0 Å². The van der Waals surface area contributed by atoms with Gasteiger partial charge < -0.3 is 9.64 Å². The van der Waals surface area contributed by atoms with Gasteiger partial charge in [0, 0.05) is 25.1 Å². The minimum atomic E-state index is -0.0429. The third-order valence-electron chi connectivity index (χ3n) is 4.55. The highest BCUT2D eigenvalue weighted by atomic mass is 16.5. The number of para-hydroxylation sites is 1. The van der Waals surface area contributed by atoms with Crippen molar-refractivity contribution in [1.29, 1.82) is 0 Å². The normalized spacial score (nSPS) is 16.6. The molecule has 1 saturated heterocycles. The zero-order valence-corrected chi connectivity index (χ0v) is 14.4. The fraction of sp³-hybridized carbons (Fsp3) is 0.250. The Bertz CT molecular complexity index is 865. The number of hydrogen-bond acceptors (Lipinski definition) is 4. The van der Waals surface area contributed by atoms with Crippen LogP contribution in [0.25, 0.3) is 0 Å². The summed E-state index contributed by atoms with van der Waals surface area (Å²) < 4.78 is 7.73. The number of aromatic nitrogens is 3. The molecule has 0 N–H and O–H groups in total. The first-order chi connectivity index (χ1) is 12.8. The van der Waals surface area contributed by atoms with Crippen molar-refractivity contribution in [3.8, 4) is 11.6 Å². The van der Waals surface area contributed by atoms with Gasteiger partial charge in [-0.15, -0.1) is 0 Å². The minimum Gasteiger partial charge on any atom is -0.438 e. The molecule has 1 fully saturated rings. The van der Waals surface area contributed by atoms with Crippen LogP contribution in [0.4, 0.5) is 0 Å². The molecule has 1 aliphatic rings. The Hall–Kier alpha value is -3.15. The second-order valence-electron chi connectivity index (χ2n) is 6.29. The number of likely N-dealkylation sites (tertiary alicyclic amines) is 1. The predicted molar refractivity (Wildman–Crippen MR) is 97.0 cm³/mol. The summed E-state index contributed by atoms with van der Waals surface area (Å²) in [5.74, 6) is 0.960. The first kappa shape index (κ1) is 16.3. The smallest absolute Gasteiger partial charge is 0.259 e. The molecular weight excluding hydrogens is 328 g/mol. The molecule has 0 spiro atoms. The molecule has 3 aromatic rings. The average molecular weight is 348 g/mol. The molecule has 0 radical (unpaired) electrons. The van der Waals surface area contributed by atoms with E-state index in [1.54, 1.807) is 24.5 Å². The summed E-state index contributed by atoms with van der Waals surface area (Å²) in [6.45, 7) is 1.44. The lowest BCUT2D eigenvalue weighted by molar-refractivity contribution is 0.0718. The van der Waals surface area contributed by atoms with Gasteiger partial charge in [-0.25, -0.2) is 4.98 Å². The van der Waals surface area contributed by atoms with Crippen LogP contribution in [0.5, 0.6) is 11.6 Å². The first-order valence-electron chi connectivity index (χ1n) is 8.77. The molecular formula is C20H20N4O2. The molecule has 1 amide bonds. The van der Waals surface area contributed by atoms with Gasteiger partial charge in [0.2, 0.25) is 5.88 Å². The summed E-state index contributed by atoms with van der Waals surface area (Å²) in [6, 6.07) is 15.0. The maximum Gasteiger partial charge on any atom is 0.259 e. The standard InChI is InChI=1S/C20H20N4O2/c25-20(24-14-5-7-16(24)15-23-13-6-12-22-23)18-10-4-11-21-19(18)26-17-8-2-1-3-9-17/h1-4,6,8-13,16H,5,7,14-15H2/t16-/m0/s1. The highest BCUT2D eigenvalue weighted by molar-refractivity contribution is 5.96. The van der Waals surface area contributed by atoms with Crippen LogP contribution in [0.2, 0.25) is 0 Å². The summed E-state index contributed by atoms with van der Waals surface area (Å²) >= 11 is 0. The predicted octanol–water partition coefficient (Wildman–Crippen LogP) is 3.38. The largest absolute Gasteiger partial charge is 0.438 e. The number of pyridine rings is 1. The van der Waals surface area contributed by atoms with E-state index in [4.69, 9.17) is 4.74 Å². The van der Waals surface area contributed by atoms with E-state index in [0.29, 0.717) is 23.7 Å². The monoisotopic (exact) mass is 348 g/mol. The summed E-state index contributed by atoms with van der Waals surface area (Å²) in [4.78, 5) is 19.4. The van der Waals surface area contributed by atoms with Gasteiger partial charge in [-0.3, -0.25) is 9.48 Å². The molecule has 1 aromatic carbocycles. The van der Waals surface area contributed by atoms with E-state index in [9.17, 15) is 4.79 Å². The molecule has 4 rings (SSSR count). The molecule has 1 aliphatic heterocycles. The highest BCUT2D eigenvalue weighted by Crippen LogP contribution is 2.27. The first-order valence-corrected chi connectivity index (χ1v) is 8.77. The lowest BCUT2D eigenvalue weighted by Crippen LogP contribution is -2.38. The van der Waals surface area contributed by atoms with E-state index < -0.39 is 0 Å². The number of benzene rings is 1. The molecule has 3 heterocycles. The molecule has 6 heteroatoms. The fourth-order valence-electron chi connectivity index (χ4n) is 3.31. The minimum absolute atomic E-state index is 0.0429. The Morgan fingerprint density at radius 2 is 2.00 bits per heavy atom. The third-order valence-corrected chi connectivity index (χ3v) is 4.55. The maximum atomic E-state index is 13.2. The molecule has 2 aromatic heterocycles. The van der Waals surface area contributed by atoms with Gasteiger partial charge in [-0.1, -0.05) is 18.2 Å². The van der Waals surface area contributed by atoms with Crippen molar-refractivity contribution in [1.82, 2.24) is 19.7 Å². The molecule has 0 aliphatic carbocycles. The lowest BCUT2D eigenvalue weighted by Gasteiger charge is -2.25. The Balaban J connectivity index is 1.56. The van der Waals surface area contributed by atoms with Gasteiger partial charge in [-0.05, 0) is 43.2 Å². The van der Waals surface area contributed by atoms with E-state index in [-0.39, 0.29) is 11.9 Å². The van der Waals surface area contributed by atoms with Gasteiger partial charge in [0.05, 0.1) is 12.6 Å². The van der Waals surface area contributed by atoms with Crippen LogP contribution in [-0.4, -0.2) is 38.2 Å². The van der Waals surface area contributed by atoms with Gasteiger partial charge >= 0.3 is 0 Å². The topological polar surface area (TPSA) is 60.2 Å². The van der Waals surface area contributed by atoms with Crippen molar-refractivity contribution in [2.24, 2.45) is 0 Å². The zero-order valence-electron chi connectivity index (χ0n) is 14.4. The Kier molecular flexibility index (Phi) is 4.64. The second-order valence-corrected chi connectivity index (χ2v) is 6.29. The van der Waals surface area contributed by atoms with Crippen molar-refractivity contribution < 1.29 is 9.53 Å². The molecule has 0 saturated carbocycles. The van der Waals surface area contributed by atoms with Crippen LogP contribution >= 0.6 is 0 Å². The Morgan fingerprint density at radius 3 is 2.81 bits per heavy atom. The van der Waals surface area contributed by atoms with Crippen LogP contribution in [-0.2, 0) is 6.54 Å². The third kappa shape index (κ3) is 3.44. The fourth-order valence-corrected chi connectivity index (χ4v) is 3.31. The van der Waals surface area contributed by atoms with Crippen LogP contribution < -0.4 is 4.74 Å². The Morgan fingerprint density at radius 1 is 1.12 bits per heavy atom. The van der Waals surface area contributed by atoms with Crippen molar-refractivity contribution in [2.75, 3.05) is 6.54 Å². The summed E-state index contributed by atoms with van der Waals surface area (Å²) in [5, 5.41) is 4.26. The van der Waals surface area contributed by atoms with Crippen LogP contribution in [0.3, 0.4) is 0 Å². The van der Waals surface area contributed by atoms with Crippen molar-refractivity contribution in [3.63, 3.8) is 0 Å². The molecule has 132 valence electrons. The van der Waals surface area contributed by atoms with E-state index in [1.165, 1.54) is 0 Å². The number of hydrogen-bond donors (Lipinski definition) is 0. The van der Waals surface area contributed by atoms with Crippen molar-refractivity contribution in [3.05, 3.63) is 72.7 Å². The summed E-state index contributed by atoms with van der Waals surface area (Å²) in [5.41, 5.74) is 0.490. The maximum absolute atomic E-state index is 13.2. The molecule has 1 atom stereocenters. The highest BCUT2D eigenvalue weighted by Gasteiger charge is 2.31. The van der Waals surface area contributed by atoms with Crippen LogP contribution in [0.1, 0.15) is 23.2 Å². The van der Waals surface area contributed by atoms with Gasteiger partial charge in [0.25, 0.3) is 5.91 Å². The number of carbonyl (C=O) groups is 1. The SMILES string of the molecule is O=C(c1cccnc1Oc1ccccc1)N1CCC[C@H]1Cn1cccn1.